The number of benzene rings is 1. The van der Waals surface area contributed by atoms with Crippen LogP contribution in [0.5, 0.6) is 0 Å². The zero-order chi connectivity index (χ0) is 19.7. The lowest BCUT2D eigenvalue weighted by Gasteiger charge is -2.35. The van der Waals surface area contributed by atoms with Crippen LogP contribution in [0.4, 0.5) is 0 Å². The number of carbonyl (C=O) groups excluding carboxylic acids is 1. The molecule has 0 radical (unpaired) electrons. The number of nitrogens with one attached hydrogen (secondary N) is 1. The van der Waals surface area contributed by atoms with Crippen molar-refractivity contribution in [3.63, 3.8) is 0 Å². The van der Waals surface area contributed by atoms with Crippen molar-refractivity contribution in [3.8, 4) is 11.3 Å². The van der Waals surface area contributed by atoms with Crippen LogP contribution in [0.2, 0.25) is 0 Å². The number of aryl methyl sites for hydroxylation is 2. The van der Waals surface area contributed by atoms with Gasteiger partial charge in [0.15, 0.2) is 5.76 Å². The number of aromatic nitrogens is 3. The van der Waals surface area contributed by atoms with Crippen LogP contribution in [0.15, 0.2) is 35.0 Å². The maximum absolute atomic E-state index is 13.1. The highest BCUT2D eigenvalue weighted by molar-refractivity contribution is 5.80. The van der Waals surface area contributed by atoms with Crippen molar-refractivity contribution in [1.29, 1.82) is 0 Å². The molecule has 1 N–H and O–H groups in total. The number of likely N-dealkylation sites (tertiary alicyclic amines) is 1. The van der Waals surface area contributed by atoms with E-state index in [4.69, 9.17) is 4.52 Å². The second kappa shape index (κ2) is 7.62. The molecule has 1 aliphatic rings. The van der Waals surface area contributed by atoms with E-state index in [1.54, 1.807) is 6.20 Å². The van der Waals surface area contributed by atoms with Crippen LogP contribution < -0.4 is 0 Å². The first-order chi connectivity index (χ1) is 13.5. The topological polar surface area (TPSA) is 75.0 Å². The number of hydrogen-bond acceptors (Lipinski definition) is 4. The van der Waals surface area contributed by atoms with Crippen LogP contribution in [0.1, 0.15) is 53.4 Å². The predicted octanol–water partition coefficient (Wildman–Crippen LogP) is 4.29. The summed E-state index contributed by atoms with van der Waals surface area (Å²) in [5, 5.41) is 11.5. The van der Waals surface area contributed by atoms with Crippen molar-refractivity contribution in [2.45, 2.75) is 52.5 Å². The van der Waals surface area contributed by atoms with Gasteiger partial charge in [-0.2, -0.15) is 5.10 Å². The molecule has 0 saturated carbocycles. The molecule has 6 heteroatoms. The summed E-state index contributed by atoms with van der Waals surface area (Å²) in [6.45, 7) is 6.75. The Balaban J connectivity index is 1.61. The van der Waals surface area contributed by atoms with Gasteiger partial charge < -0.3 is 9.42 Å². The van der Waals surface area contributed by atoms with Crippen molar-refractivity contribution in [3.05, 3.63) is 58.5 Å². The standard InChI is InChI=1S/C22H26N4O2/c1-14-7-9-17(10-8-14)12-20(27)26-11-5-4-6-19(26)21-18(13-23-24-21)22-15(2)16(3)25-28-22/h7-10,13,19H,4-6,11-12H2,1-3H3,(H,23,24)/t19-/m1/s1. The van der Waals surface area contributed by atoms with E-state index < -0.39 is 0 Å². The van der Waals surface area contributed by atoms with Gasteiger partial charge in [-0.15, -0.1) is 0 Å². The minimum Gasteiger partial charge on any atom is -0.356 e. The van der Waals surface area contributed by atoms with Crippen molar-refractivity contribution in [2.75, 3.05) is 6.54 Å². The molecule has 0 bridgehead atoms. The molecule has 0 aliphatic carbocycles. The predicted molar refractivity (Wildman–Crippen MR) is 107 cm³/mol. The fourth-order valence-electron chi connectivity index (χ4n) is 3.91. The first-order valence-electron chi connectivity index (χ1n) is 9.86. The van der Waals surface area contributed by atoms with Crippen LogP contribution in [-0.4, -0.2) is 32.7 Å². The number of aromatic amines is 1. The summed E-state index contributed by atoms with van der Waals surface area (Å²) in [5.74, 6) is 0.886. The monoisotopic (exact) mass is 378 g/mol. The molecule has 0 unspecified atom stereocenters. The van der Waals surface area contributed by atoms with Crippen LogP contribution in [-0.2, 0) is 11.2 Å². The summed E-state index contributed by atoms with van der Waals surface area (Å²) in [7, 11) is 0. The van der Waals surface area contributed by atoms with Gasteiger partial charge >= 0.3 is 0 Å². The first-order valence-corrected chi connectivity index (χ1v) is 9.86. The van der Waals surface area contributed by atoms with Gasteiger partial charge in [-0.1, -0.05) is 35.0 Å². The van der Waals surface area contributed by atoms with E-state index in [0.717, 1.165) is 59.6 Å². The van der Waals surface area contributed by atoms with Crippen molar-refractivity contribution in [1.82, 2.24) is 20.3 Å². The van der Waals surface area contributed by atoms with Crippen LogP contribution >= 0.6 is 0 Å². The third-order valence-corrected chi connectivity index (χ3v) is 5.70. The van der Waals surface area contributed by atoms with Gasteiger partial charge in [0.1, 0.15) is 0 Å². The number of carbonyl (C=O) groups is 1. The van der Waals surface area contributed by atoms with E-state index in [1.807, 2.05) is 30.9 Å². The van der Waals surface area contributed by atoms with Crippen molar-refractivity contribution >= 4 is 5.91 Å². The number of H-pyrrole nitrogens is 1. The van der Waals surface area contributed by atoms with Gasteiger partial charge in [-0.25, -0.2) is 0 Å². The second-order valence-corrected chi connectivity index (χ2v) is 7.68. The normalized spacial score (nSPS) is 17.1. The molecule has 1 saturated heterocycles. The average Bonchev–Trinajstić information content (AvgIpc) is 3.30. The molecular formula is C22H26N4O2. The molecule has 28 heavy (non-hydrogen) atoms. The van der Waals surface area contributed by atoms with E-state index in [2.05, 4.69) is 34.4 Å². The molecule has 2 aromatic heterocycles. The number of rotatable bonds is 4. The van der Waals surface area contributed by atoms with E-state index in [1.165, 1.54) is 5.56 Å². The second-order valence-electron chi connectivity index (χ2n) is 7.68. The Morgan fingerprint density at radius 3 is 2.71 bits per heavy atom. The fraction of sp³-hybridized carbons (Fsp3) is 0.409. The van der Waals surface area contributed by atoms with Crippen LogP contribution in [0.25, 0.3) is 11.3 Å². The van der Waals surface area contributed by atoms with Gasteiger partial charge in [0.05, 0.1) is 35.6 Å². The number of nitrogens with zero attached hydrogens (tertiary/aromatic N) is 3. The number of hydrogen-bond donors (Lipinski definition) is 1. The van der Waals surface area contributed by atoms with Gasteiger partial charge in [-0.05, 0) is 45.6 Å². The molecule has 1 atom stereocenters. The summed E-state index contributed by atoms with van der Waals surface area (Å²) in [5.41, 5.74) is 5.97. The van der Waals surface area contributed by atoms with E-state index in [0.29, 0.717) is 6.42 Å². The number of piperidine rings is 1. The highest BCUT2D eigenvalue weighted by atomic mass is 16.5. The maximum Gasteiger partial charge on any atom is 0.227 e. The Kier molecular flexibility index (Phi) is 5.03. The summed E-state index contributed by atoms with van der Waals surface area (Å²) < 4.78 is 5.56. The highest BCUT2D eigenvalue weighted by Gasteiger charge is 2.32. The SMILES string of the molecule is Cc1ccc(CC(=O)N2CCCC[C@@H]2c2[nH]ncc2-c2onc(C)c2C)cc1. The zero-order valence-electron chi connectivity index (χ0n) is 16.7. The lowest BCUT2D eigenvalue weighted by atomic mass is 9.94. The summed E-state index contributed by atoms with van der Waals surface area (Å²) in [4.78, 5) is 15.1. The molecule has 4 rings (SSSR count). The van der Waals surface area contributed by atoms with Gasteiger partial charge in [0, 0.05) is 12.1 Å². The summed E-state index contributed by atoms with van der Waals surface area (Å²) in [6.07, 6.45) is 5.23. The molecule has 1 fully saturated rings. The third kappa shape index (κ3) is 3.46. The molecule has 6 nitrogen and oxygen atoms in total. The van der Waals surface area contributed by atoms with E-state index in [-0.39, 0.29) is 11.9 Å². The molecule has 1 aromatic carbocycles. The van der Waals surface area contributed by atoms with Gasteiger partial charge in [0.2, 0.25) is 5.91 Å². The highest BCUT2D eigenvalue weighted by Crippen LogP contribution is 2.37. The van der Waals surface area contributed by atoms with Crippen LogP contribution in [0, 0.1) is 20.8 Å². The van der Waals surface area contributed by atoms with Gasteiger partial charge in [0.25, 0.3) is 0 Å². The Morgan fingerprint density at radius 1 is 1.21 bits per heavy atom. The van der Waals surface area contributed by atoms with Crippen molar-refractivity contribution < 1.29 is 9.32 Å². The maximum atomic E-state index is 13.1. The fourth-order valence-corrected chi connectivity index (χ4v) is 3.91. The molecule has 1 amide bonds. The van der Waals surface area contributed by atoms with Gasteiger partial charge in [-0.3, -0.25) is 9.89 Å². The zero-order valence-corrected chi connectivity index (χ0v) is 16.7. The molecule has 3 heterocycles. The minimum absolute atomic E-state index is 0.0194. The Morgan fingerprint density at radius 2 is 2.00 bits per heavy atom. The average molecular weight is 378 g/mol. The molecule has 3 aromatic rings. The molecule has 146 valence electrons. The lowest BCUT2D eigenvalue weighted by molar-refractivity contribution is -0.134. The van der Waals surface area contributed by atoms with Crippen molar-refractivity contribution in [2.24, 2.45) is 0 Å². The first kappa shape index (κ1) is 18.5. The summed E-state index contributed by atoms with van der Waals surface area (Å²) in [6, 6.07) is 8.16. The molecule has 0 spiro atoms. The van der Waals surface area contributed by atoms with Crippen LogP contribution in [0.3, 0.4) is 0 Å². The molecular weight excluding hydrogens is 352 g/mol. The molecule has 1 aliphatic heterocycles. The quantitative estimate of drug-likeness (QED) is 0.735. The lowest BCUT2D eigenvalue weighted by Crippen LogP contribution is -2.39. The Hall–Kier alpha value is -2.89. The third-order valence-electron chi connectivity index (χ3n) is 5.70. The van der Waals surface area contributed by atoms with E-state index >= 15 is 0 Å². The Labute approximate surface area is 164 Å². The summed E-state index contributed by atoms with van der Waals surface area (Å²) >= 11 is 0. The minimum atomic E-state index is -0.0194. The number of amides is 1. The largest absolute Gasteiger partial charge is 0.356 e. The smallest absolute Gasteiger partial charge is 0.227 e. The van der Waals surface area contributed by atoms with E-state index in [9.17, 15) is 4.79 Å². The Bertz CT molecular complexity index is 971.